The number of anilines is 1. The highest BCUT2D eigenvalue weighted by molar-refractivity contribution is 9.10. The molecule has 0 aliphatic carbocycles. The maximum absolute atomic E-state index is 4.46. The Morgan fingerprint density at radius 1 is 1.43 bits per heavy atom. The highest BCUT2D eigenvalue weighted by Crippen LogP contribution is 2.20. The van der Waals surface area contributed by atoms with Crippen LogP contribution in [-0.2, 0) is 0 Å². The number of thioether (sulfide) groups is 1. The number of hydrogen-bond acceptors (Lipinski definition) is 3. The zero-order chi connectivity index (χ0) is 9.97. The second-order valence-corrected chi connectivity index (χ2v) is 5.15. The second-order valence-electron chi connectivity index (χ2n) is 3.23. The van der Waals surface area contributed by atoms with Gasteiger partial charge in [0.25, 0.3) is 0 Å². The number of hydrogen-bond donors (Lipinski definition) is 1. The third-order valence-corrected chi connectivity index (χ3v) is 3.55. The van der Waals surface area contributed by atoms with Gasteiger partial charge in [-0.1, -0.05) is 27.7 Å². The molecule has 0 bridgehead atoms. The Labute approximate surface area is 96.3 Å². The number of aliphatic imine (C=N–C) groups is 1. The van der Waals surface area contributed by atoms with Crippen molar-refractivity contribution in [1.82, 2.24) is 0 Å². The zero-order valence-electron chi connectivity index (χ0n) is 7.83. The first-order chi connectivity index (χ1) is 6.74. The minimum absolute atomic E-state index is 0.443. The van der Waals surface area contributed by atoms with Crippen molar-refractivity contribution in [2.45, 2.75) is 13.0 Å². The molecule has 0 aromatic heterocycles. The molecule has 74 valence electrons. The van der Waals surface area contributed by atoms with Gasteiger partial charge < -0.3 is 5.32 Å². The van der Waals surface area contributed by atoms with Crippen molar-refractivity contribution in [2.24, 2.45) is 4.99 Å². The number of amidine groups is 1. The monoisotopic (exact) mass is 270 g/mol. The summed E-state index contributed by atoms with van der Waals surface area (Å²) in [5.41, 5.74) is 1.09. The minimum atomic E-state index is 0.443. The molecule has 1 aliphatic heterocycles. The molecule has 0 spiro atoms. The van der Waals surface area contributed by atoms with Crippen LogP contribution in [-0.4, -0.2) is 17.0 Å². The molecular weight excluding hydrogens is 260 g/mol. The highest BCUT2D eigenvalue weighted by Gasteiger charge is 2.13. The maximum atomic E-state index is 4.46. The maximum Gasteiger partial charge on any atom is 0.161 e. The van der Waals surface area contributed by atoms with E-state index in [-0.39, 0.29) is 0 Å². The van der Waals surface area contributed by atoms with Gasteiger partial charge in [0.2, 0.25) is 0 Å². The number of rotatable bonds is 1. The number of nitrogens with zero attached hydrogens (tertiary/aromatic N) is 1. The lowest BCUT2D eigenvalue weighted by Crippen LogP contribution is -2.04. The van der Waals surface area contributed by atoms with E-state index < -0.39 is 0 Å². The summed E-state index contributed by atoms with van der Waals surface area (Å²) < 4.78 is 1.09. The summed E-state index contributed by atoms with van der Waals surface area (Å²) in [6, 6.07) is 8.56. The fourth-order valence-corrected chi connectivity index (χ4v) is 2.38. The van der Waals surface area contributed by atoms with E-state index in [0.29, 0.717) is 6.04 Å². The number of nitrogens with one attached hydrogen (secondary N) is 1. The van der Waals surface area contributed by atoms with Crippen LogP contribution in [0.25, 0.3) is 0 Å². The van der Waals surface area contributed by atoms with Crippen molar-refractivity contribution in [3.8, 4) is 0 Å². The average molecular weight is 271 g/mol. The molecular formula is C10H11BrN2S. The summed E-state index contributed by atoms with van der Waals surface area (Å²) in [4.78, 5) is 4.46. The van der Waals surface area contributed by atoms with E-state index in [1.807, 2.05) is 24.3 Å². The fourth-order valence-electron chi connectivity index (χ4n) is 1.20. The minimum Gasteiger partial charge on any atom is -0.335 e. The van der Waals surface area contributed by atoms with E-state index in [0.717, 1.165) is 21.1 Å². The van der Waals surface area contributed by atoms with Crippen molar-refractivity contribution in [1.29, 1.82) is 0 Å². The summed E-state index contributed by atoms with van der Waals surface area (Å²) in [5, 5.41) is 4.32. The Hall–Kier alpha value is -0.480. The Bertz CT molecular complexity index is 348. The van der Waals surface area contributed by atoms with Gasteiger partial charge in [-0.15, -0.1) is 0 Å². The molecule has 1 N–H and O–H groups in total. The van der Waals surface area contributed by atoms with Gasteiger partial charge in [0, 0.05) is 15.9 Å². The molecule has 1 heterocycles. The Morgan fingerprint density at radius 2 is 2.14 bits per heavy atom. The third kappa shape index (κ3) is 2.51. The zero-order valence-corrected chi connectivity index (χ0v) is 10.2. The Morgan fingerprint density at radius 3 is 2.71 bits per heavy atom. The van der Waals surface area contributed by atoms with E-state index >= 15 is 0 Å². The summed E-state index contributed by atoms with van der Waals surface area (Å²) in [6.45, 7) is 2.13. The highest BCUT2D eigenvalue weighted by atomic mass is 79.9. The molecule has 0 saturated carbocycles. The average Bonchev–Trinajstić information content (AvgIpc) is 2.56. The van der Waals surface area contributed by atoms with Crippen LogP contribution >= 0.6 is 27.7 Å². The molecule has 1 aromatic rings. The van der Waals surface area contributed by atoms with Crippen LogP contribution in [0.1, 0.15) is 6.92 Å². The van der Waals surface area contributed by atoms with E-state index in [4.69, 9.17) is 0 Å². The molecule has 0 unspecified atom stereocenters. The molecule has 1 atom stereocenters. The summed E-state index contributed by atoms with van der Waals surface area (Å²) in [7, 11) is 0. The lowest BCUT2D eigenvalue weighted by atomic mass is 10.3. The molecule has 2 rings (SSSR count). The van der Waals surface area contributed by atoms with Gasteiger partial charge in [-0.05, 0) is 31.2 Å². The fraction of sp³-hybridized carbons (Fsp3) is 0.300. The van der Waals surface area contributed by atoms with Gasteiger partial charge in [0.1, 0.15) is 0 Å². The summed E-state index contributed by atoms with van der Waals surface area (Å²) in [5.74, 6) is 1.08. The van der Waals surface area contributed by atoms with Gasteiger partial charge in [-0.3, -0.25) is 4.99 Å². The van der Waals surface area contributed by atoms with Crippen LogP contribution in [0.2, 0.25) is 0 Å². The quantitative estimate of drug-likeness (QED) is 0.847. The topological polar surface area (TPSA) is 24.4 Å². The van der Waals surface area contributed by atoms with Crippen molar-refractivity contribution < 1.29 is 0 Å². The molecule has 0 saturated heterocycles. The van der Waals surface area contributed by atoms with Crippen LogP contribution in [0.4, 0.5) is 5.69 Å². The summed E-state index contributed by atoms with van der Waals surface area (Å²) in [6.07, 6.45) is 0. The molecule has 0 radical (unpaired) electrons. The molecule has 4 heteroatoms. The molecule has 1 aliphatic rings. The normalized spacial score (nSPS) is 20.7. The molecule has 1 aromatic carbocycles. The molecule has 14 heavy (non-hydrogen) atoms. The summed E-state index contributed by atoms with van der Waals surface area (Å²) >= 11 is 5.18. The lowest BCUT2D eigenvalue weighted by molar-refractivity contribution is 0.865. The Kier molecular flexibility index (Phi) is 3.13. The molecule has 0 amide bonds. The van der Waals surface area contributed by atoms with E-state index in [1.165, 1.54) is 0 Å². The van der Waals surface area contributed by atoms with Crippen LogP contribution in [0.3, 0.4) is 0 Å². The van der Waals surface area contributed by atoms with Crippen LogP contribution in [0, 0.1) is 0 Å². The van der Waals surface area contributed by atoms with E-state index in [9.17, 15) is 0 Å². The Balaban J connectivity index is 2.04. The predicted molar refractivity (Wildman–Crippen MR) is 67.1 cm³/mol. The number of benzene rings is 1. The largest absolute Gasteiger partial charge is 0.335 e. The first kappa shape index (κ1) is 10.1. The van der Waals surface area contributed by atoms with Crippen LogP contribution < -0.4 is 5.32 Å². The van der Waals surface area contributed by atoms with Gasteiger partial charge in [0.15, 0.2) is 5.17 Å². The standard InChI is InChI=1S/C10H11BrN2S/c1-7-6-14-10(12-7)13-9-4-2-8(11)3-5-9/h2-5,7H,6H2,1H3,(H,12,13)/t7-/m1/s1. The van der Waals surface area contributed by atoms with E-state index in [2.05, 4.69) is 33.2 Å². The SMILES string of the molecule is C[C@@H]1CSC(Nc2ccc(Br)cc2)=N1. The lowest BCUT2D eigenvalue weighted by Gasteiger charge is -2.04. The van der Waals surface area contributed by atoms with Gasteiger partial charge >= 0.3 is 0 Å². The smallest absolute Gasteiger partial charge is 0.161 e. The van der Waals surface area contributed by atoms with Gasteiger partial charge in [0.05, 0.1) is 6.04 Å². The second kappa shape index (κ2) is 4.36. The first-order valence-corrected chi connectivity index (χ1v) is 6.25. The van der Waals surface area contributed by atoms with Crippen LogP contribution in [0.5, 0.6) is 0 Å². The van der Waals surface area contributed by atoms with Gasteiger partial charge in [-0.2, -0.15) is 0 Å². The van der Waals surface area contributed by atoms with Crippen molar-refractivity contribution in [3.05, 3.63) is 28.7 Å². The van der Waals surface area contributed by atoms with E-state index in [1.54, 1.807) is 11.8 Å². The molecule has 0 fully saturated rings. The third-order valence-electron chi connectivity index (χ3n) is 1.89. The van der Waals surface area contributed by atoms with Crippen molar-refractivity contribution >= 4 is 38.5 Å². The number of halogens is 1. The van der Waals surface area contributed by atoms with Crippen molar-refractivity contribution in [3.63, 3.8) is 0 Å². The van der Waals surface area contributed by atoms with Crippen molar-refractivity contribution in [2.75, 3.05) is 11.1 Å². The van der Waals surface area contributed by atoms with Gasteiger partial charge in [-0.25, -0.2) is 0 Å². The van der Waals surface area contributed by atoms with Crippen LogP contribution in [0.15, 0.2) is 33.7 Å². The first-order valence-electron chi connectivity index (χ1n) is 4.47. The molecule has 2 nitrogen and oxygen atoms in total. The predicted octanol–water partition coefficient (Wildman–Crippen LogP) is 3.35.